The van der Waals surface area contributed by atoms with Gasteiger partial charge in [0.25, 0.3) is 5.91 Å². The number of carbonyl (C=O) groups excluding carboxylic acids is 1. The number of methoxy groups -OCH3 is 1. The molecule has 1 amide bonds. The van der Waals surface area contributed by atoms with Gasteiger partial charge in [-0.05, 0) is 12.1 Å². The van der Waals surface area contributed by atoms with E-state index in [4.69, 9.17) is 10.5 Å². The summed E-state index contributed by atoms with van der Waals surface area (Å²) in [6.07, 6.45) is 4.29. The fourth-order valence-corrected chi connectivity index (χ4v) is 1.90. The van der Waals surface area contributed by atoms with E-state index in [1.165, 1.54) is 7.11 Å². The van der Waals surface area contributed by atoms with Crippen molar-refractivity contribution in [2.45, 2.75) is 6.42 Å². The lowest BCUT2D eigenvalue weighted by Gasteiger charge is -2.08. The summed E-state index contributed by atoms with van der Waals surface area (Å²) >= 11 is 0. The van der Waals surface area contributed by atoms with Crippen LogP contribution < -0.4 is 15.8 Å². The number of nitrogens with two attached hydrogens (primary N) is 1. The highest BCUT2D eigenvalue weighted by molar-refractivity contribution is 5.95. The molecule has 0 bridgehead atoms. The Labute approximate surface area is 117 Å². The Morgan fingerprint density at radius 1 is 1.45 bits per heavy atom. The molecule has 0 saturated carbocycles. The van der Waals surface area contributed by atoms with Crippen molar-refractivity contribution < 1.29 is 9.53 Å². The maximum Gasteiger partial charge on any atom is 0.251 e. The third kappa shape index (κ3) is 3.28. The predicted molar refractivity (Wildman–Crippen MR) is 76.7 cm³/mol. The summed E-state index contributed by atoms with van der Waals surface area (Å²) in [5, 5.41) is 2.84. The van der Waals surface area contributed by atoms with Crippen molar-refractivity contribution in [1.29, 1.82) is 0 Å². The normalized spacial score (nSPS) is 10.3. The quantitative estimate of drug-likeness (QED) is 0.796. The molecule has 0 spiro atoms. The Hall–Kier alpha value is -2.50. The first kappa shape index (κ1) is 13.9. The summed E-state index contributed by atoms with van der Waals surface area (Å²) in [5.74, 6) is 1.32. The van der Waals surface area contributed by atoms with E-state index >= 15 is 0 Å². The molecule has 1 aromatic carbocycles. The average Bonchev–Trinajstić information content (AvgIpc) is 2.83. The van der Waals surface area contributed by atoms with Gasteiger partial charge in [0.1, 0.15) is 11.6 Å². The molecule has 6 nitrogen and oxygen atoms in total. The molecule has 2 aromatic rings. The Kier molecular flexibility index (Phi) is 4.24. The molecule has 20 heavy (non-hydrogen) atoms. The number of ether oxygens (including phenoxy) is 1. The van der Waals surface area contributed by atoms with Crippen LogP contribution in [0.25, 0.3) is 0 Å². The zero-order chi connectivity index (χ0) is 14.5. The zero-order valence-electron chi connectivity index (χ0n) is 11.6. The molecule has 6 heteroatoms. The second kappa shape index (κ2) is 6.10. The maximum absolute atomic E-state index is 12.0. The number of benzene rings is 1. The lowest BCUT2D eigenvalue weighted by Crippen LogP contribution is -2.26. The lowest BCUT2D eigenvalue weighted by molar-refractivity contribution is 0.0953. The van der Waals surface area contributed by atoms with E-state index in [0.717, 1.165) is 5.82 Å². The van der Waals surface area contributed by atoms with E-state index < -0.39 is 0 Å². The number of rotatable bonds is 5. The SMILES string of the molecule is COc1cc(N)cc(C(=O)NCCc2nccn2C)c1. The molecular formula is C14H18N4O2. The van der Waals surface area contributed by atoms with Crippen LogP contribution in [0.15, 0.2) is 30.6 Å². The largest absolute Gasteiger partial charge is 0.497 e. The Balaban J connectivity index is 1.95. The minimum atomic E-state index is -0.176. The fourth-order valence-electron chi connectivity index (χ4n) is 1.90. The number of hydrogen-bond donors (Lipinski definition) is 2. The second-order valence-electron chi connectivity index (χ2n) is 4.46. The van der Waals surface area contributed by atoms with Gasteiger partial charge >= 0.3 is 0 Å². The van der Waals surface area contributed by atoms with Crippen LogP contribution in [-0.2, 0) is 13.5 Å². The Morgan fingerprint density at radius 2 is 2.25 bits per heavy atom. The van der Waals surface area contributed by atoms with Crippen LogP contribution in [-0.4, -0.2) is 29.1 Å². The molecule has 1 aromatic heterocycles. The number of carbonyl (C=O) groups is 1. The third-order valence-electron chi connectivity index (χ3n) is 2.98. The molecule has 0 radical (unpaired) electrons. The lowest BCUT2D eigenvalue weighted by atomic mass is 10.1. The van der Waals surface area contributed by atoms with E-state index in [1.54, 1.807) is 24.4 Å². The zero-order valence-corrected chi connectivity index (χ0v) is 11.6. The molecule has 0 aliphatic heterocycles. The number of nitrogen functional groups attached to an aromatic ring is 1. The molecule has 0 aliphatic rings. The smallest absolute Gasteiger partial charge is 0.251 e. The van der Waals surface area contributed by atoms with Gasteiger partial charge in [-0.25, -0.2) is 4.98 Å². The summed E-state index contributed by atoms with van der Waals surface area (Å²) in [5.41, 5.74) is 6.71. The van der Waals surface area contributed by atoms with E-state index in [2.05, 4.69) is 10.3 Å². The van der Waals surface area contributed by atoms with Crippen LogP contribution in [0.4, 0.5) is 5.69 Å². The second-order valence-corrected chi connectivity index (χ2v) is 4.46. The van der Waals surface area contributed by atoms with Crippen molar-refractivity contribution in [2.24, 2.45) is 7.05 Å². The van der Waals surface area contributed by atoms with E-state index in [1.807, 2.05) is 17.8 Å². The van der Waals surface area contributed by atoms with Gasteiger partial charge in [0.2, 0.25) is 0 Å². The van der Waals surface area contributed by atoms with Gasteiger partial charge in [-0.2, -0.15) is 0 Å². The van der Waals surface area contributed by atoms with Gasteiger partial charge in [0.05, 0.1) is 7.11 Å². The number of hydrogen-bond acceptors (Lipinski definition) is 4. The van der Waals surface area contributed by atoms with Gasteiger partial charge < -0.3 is 20.4 Å². The van der Waals surface area contributed by atoms with E-state index in [9.17, 15) is 4.79 Å². The molecule has 3 N–H and O–H groups in total. The van der Waals surface area contributed by atoms with Gasteiger partial charge in [-0.15, -0.1) is 0 Å². The number of aryl methyl sites for hydroxylation is 1. The van der Waals surface area contributed by atoms with Crippen LogP contribution >= 0.6 is 0 Å². The summed E-state index contributed by atoms with van der Waals surface area (Å²) < 4.78 is 7.02. The fraction of sp³-hybridized carbons (Fsp3) is 0.286. The monoisotopic (exact) mass is 274 g/mol. The topological polar surface area (TPSA) is 82.2 Å². The van der Waals surface area contributed by atoms with Crippen LogP contribution in [0.5, 0.6) is 5.75 Å². The molecule has 0 aliphatic carbocycles. The van der Waals surface area contributed by atoms with Crippen molar-refractivity contribution in [3.8, 4) is 5.75 Å². The predicted octanol–water partition coefficient (Wildman–Crippen LogP) is 0.983. The summed E-state index contributed by atoms with van der Waals surface area (Å²) in [4.78, 5) is 16.2. The first-order valence-electron chi connectivity index (χ1n) is 6.29. The van der Waals surface area contributed by atoms with Crippen molar-refractivity contribution in [3.05, 3.63) is 42.0 Å². The average molecular weight is 274 g/mol. The van der Waals surface area contributed by atoms with E-state index in [0.29, 0.717) is 30.0 Å². The number of amides is 1. The molecule has 106 valence electrons. The number of nitrogens with zero attached hydrogens (tertiary/aromatic N) is 2. The van der Waals surface area contributed by atoms with Crippen molar-refractivity contribution in [2.75, 3.05) is 19.4 Å². The minimum absolute atomic E-state index is 0.176. The summed E-state index contributed by atoms with van der Waals surface area (Å²) in [6.45, 7) is 0.515. The van der Waals surface area contributed by atoms with Crippen molar-refractivity contribution in [3.63, 3.8) is 0 Å². The highest BCUT2D eigenvalue weighted by Gasteiger charge is 2.08. The third-order valence-corrected chi connectivity index (χ3v) is 2.98. The van der Waals surface area contributed by atoms with Gasteiger partial charge in [-0.3, -0.25) is 4.79 Å². The van der Waals surface area contributed by atoms with Gasteiger partial charge in [0, 0.05) is 49.7 Å². The number of aromatic nitrogens is 2. The maximum atomic E-state index is 12.0. The first-order valence-corrected chi connectivity index (χ1v) is 6.29. The molecule has 1 heterocycles. The highest BCUT2D eigenvalue weighted by atomic mass is 16.5. The summed E-state index contributed by atoms with van der Waals surface area (Å²) in [7, 11) is 3.46. The summed E-state index contributed by atoms with van der Waals surface area (Å²) in [6, 6.07) is 4.95. The number of nitrogens with one attached hydrogen (secondary N) is 1. The number of imidazole rings is 1. The molecule has 2 rings (SSSR count). The van der Waals surface area contributed by atoms with Crippen molar-refractivity contribution >= 4 is 11.6 Å². The van der Waals surface area contributed by atoms with Crippen LogP contribution in [0.1, 0.15) is 16.2 Å². The van der Waals surface area contributed by atoms with Crippen LogP contribution in [0.2, 0.25) is 0 Å². The van der Waals surface area contributed by atoms with Crippen LogP contribution in [0, 0.1) is 0 Å². The molecule has 0 fully saturated rings. The first-order chi connectivity index (χ1) is 9.60. The molecule has 0 atom stereocenters. The Bertz CT molecular complexity index is 607. The Morgan fingerprint density at radius 3 is 2.90 bits per heavy atom. The standard InChI is InChI=1S/C14H18N4O2/c1-18-6-5-16-13(18)3-4-17-14(19)10-7-11(15)9-12(8-10)20-2/h5-9H,3-4,15H2,1-2H3,(H,17,19). The molecule has 0 saturated heterocycles. The minimum Gasteiger partial charge on any atom is -0.497 e. The molecular weight excluding hydrogens is 256 g/mol. The number of anilines is 1. The van der Waals surface area contributed by atoms with Gasteiger partial charge in [-0.1, -0.05) is 0 Å². The van der Waals surface area contributed by atoms with Gasteiger partial charge in [0.15, 0.2) is 0 Å². The van der Waals surface area contributed by atoms with Crippen molar-refractivity contribution in [1.82, 2.24) is 14.9 Å². The highest BCUT2D eigenvalue weighted by Crippen LogP contribution is 2.18. The van der Waals surface area contributed by atoms with E-state index in [-0.39, 0.29) is 5.91 Å². The van der Waals surface area contributed by atoms with Crippen LogP contribution in [0.3, 0.4) is 0 Å². The molecule has 0 unspecified atom stereocenters.